The molecule has 2 rings (SSSR count). The maximum Gasteiger partial charge on any atom is 0.310 e. The molecule has 2 saturated heterocycles. The predicted molar refractivity (Wildman–Crippen MR) is 78.9 cm³/mol. The fraction of sp³-hybridized carbons (Fsp3) is 0.875. The summed E-state index contributed by atoms with van der Waals surface area (Å²) in [5.41, 5.74) is 0. The van der Waals surface area contributed by atoms with Gasteiger partial charge in [-0.1, -0.05) is 26.7 Å². The lowest BCUT2D eigenvalue weighted by Crippen LogP contribution is -2.46. The topological polar surface area (TPSA) is 66.8 Å². The molecule has 2 aliphatic rings. The lowest BCUT2D eigenvalue weighted by molar-refractivity contribution is -0.151. The summed E-state index contributed by atoms with van der Waals surface area (Å²) in [5.74, 6) is -2.01. The van der Waals surface area contributed by atoms with Gasteiger partial charge in [-0.25, -0.2) is 0 Å². The van der Waals surface area contributed by atoms with E-state index in [0.29, 0.717) is 0 Å². The number of aliphatic carboxylic acids is 1. The van der Waals surface area contributed by atoms with Crippen LogP contribution < -0.4 is 0 Å². The minimum Gasteiger partial charge on any atom is -0.481 e. The summed E-state index contributed by atoms with van der Waals surface area (Å²) < 4.78 is 5.71. The highest BCUT2D eigenvalue weighted by Crippen LogP contribution is 2.44. The van der Waals surface area contributed by atoms with Gasteiger partial charge in [-0.2, -0.15) is 0 Å². The zero-order chi connectivity index (χ0) is 15.4. The number of amides is 1. The van der Waals surface area contributed by atoms with Gasteiger partial charge in [0.2, 0.25) is 5.91 Å². The van der Waals surface area contributed by atoms with Crippen LogP contribution in [0.3, 0.4) is 0 Å². The van der Waals surface area contributed by atoms with Crippen LogP contribution in [0, 0.1) is 11.8 Å². The van der Waals surface area contributed by atoms with Crippen molar-refractivity contribution in [2.75, 3.05) is 13.1 Å². The maximum atomic E-state index is 12.8. The molecule has 2 fully saturated rings. The van der Waals surface area contributed by atoms with Gasteiger partial charge >= 0.3 is 5.97 Å². The third-order valence-electron chi connectivity index (χ3n) is 4.72. The summed E-state index contributed by atoms with van der Waals surface area (Å²) in [6.45, 7) is 5.66. The van der Waals surface area contributed by atoms with Crippen LogP contribution in [0.5, 0.6) is 0 Å². The molecule has 21 heavy (non-hydrogen) atoms. The van der Waals surface area contributed by atoms with Crippen molar-refractivity contribution >= 4 is 11.9 Å². The number of carboxylic acid groups (broad SMARTS) is 1. The summed E-state index contributed by atoms with van der Waals surface area (Å²) >= 11 is 0. The van der Waals surface area contributed by atoms with Crippen LogP contribution in [0.15, 0.2) is 0 Å². The second kappa shape index (κ2) is 7.25. The maximum absolute atomic E-state index is 12.8. The molecular weight excluding hydrogens is 270 g/mol. The van der Waals surface area contributed by atoms with E-state index < -0.39 is 17.8 Å². The number of ether oxygens (including phenoxy) is 1. The fourth-order valence-electron chi connectivity index (χ4n) is 3.55. The quantitative estimate of drug-likeness (QED) is 0.746. The van der Waals surface area contributed by atoms with Gasteiger partial charge < -0.3 is 14.7 Å². The number of unbranched alkanes of at least 4 members (excludes halogenated alkanes) is 2. The van der Waals surface area contributed by atoms with E-state index in [9.17, 15) is 14.7 Å². The fourth-order valence-corrected chi connectivity index (χ4v) is 3.55. The van der Waals surface area contributed by atoms with E-state index in [0.717, 1.165) is 51.6 Å². The van der Waals surface area contributed by atoms with Gasteiger partial charge in [0.05, 0.1) is 24.0 Å². The highest BCUT2D eigenvalue weighted by molar-refractivity contribution is 5.86. The molecule has 0 aromatic rings. The van der Waals surface area contributed by atoms with Crippen molar-refractivity contribution in [2.45, 2.75) is 64.6 Å². The molecule has 1 amide bonds. The Morgan fingerprint density at radius 2 is 1.57 bits per heavy atom. The Morgan fingerprint density at radius 3 is 2.05 bits per heavy atom. The Hall–Kier alpha value is -1.10. The first-order valence-corrected chi connectivity index (χ1v) is 8.27. The molecule has 1 N–H and O–H groups in total. The van der Waals surface area contributed by atoms with Gasteiger partial charge in [-0.3, -0.25) is 9.59 Å². The number of hydrogen-bond donors (Lipinski definition) is 1. The van der Waals surface area contributed by atoms with E-state index in [1.807, 2.05) is 4.90 Å². The minimum absolute atomic E-state index is 0.00324. The first-order chi connectivity index (χ1) is 10.1. The summed E-state index contributed by atoms with van der Waals surface area (Å²) in [5, 5.41) is 9.44. The van der Waals surface area contributed by atoms with E-state index in [1.165, 1.54) is 0 Å². The second-order valence-electron chi connectivity index (χ2n) is 6.21. The Labute approximate surface area is 126 Å². The third kappa shape index (κ3) is 3.39. The van der Waals surface area contributed by atoms with E-state index in [1.54, 1.807) is 0 Å². The molecule has 0 spiro atoms. The molecule has 5 nitrogen and oxygen atoms in total. The van der Waals surface area contributed by atoms with Gasteiger partial charge in [-0.15, -0.1) is 0 Å². The number of carbonyl (C=O) groups excluding carboxylic acids is 1. The van der Waals surface area contributed by atoms with Gasteiger partial charge in [0, 0.05) is 13.1 Å². The number of rotatable bonds is 8. The van der Waals surface area contributed by atoms with Crippen LogP contribution in [0.2, 0.25) is 0 Å². The molecule has 0 saturated carbocycles. The summed E-state index contributed by atoms with van der Waals surface area (Å²) in [4.78, 5) is 26.2. The van der Waals surface area contributed by atoms with E-state index in [-0.39, 0.29) is 18.1 Å². The van der Waals surface area contributed by atoms with Crippen molar-refractivity contribution in [3.8, 4) is 0 Å². The van der Waals surface area contributed by atoms with Crippen molar-refractivity contribution in [3.63, 3.8) is 0 Å². The van der Waals surface area contributed by atoms with E-state index in [4.69, 9.17) is 4.74 Å². The molecule has 5 heteroatoms. The Kier molecular flexibility index (Phi) is 5.62. The predicted octanol–water partition coefficient (Wildman–Crippen LogP) is 2.29. The molecule has 2 aliphatic heterocycles. The Bertz CT molecular complexity index is 376. The molecule has 0 aromatic carbocycles. The van der Waals surface area contributed by atoms with Crippen molar-refractivity contribution in [1.29, 1.82) is 0 Å². The van der Waals surface area contributed by atoms with Gasteiger partial charge in [-0.05, 0) is 25.7 Å². The van der Waals surface area contributed by atoms with E-state index >= 15 is 0 Å². The van der Waals surface area contributed by atoms with E-state index in [2.05, 4.69) is 13.8 Å². The van der Waals surface area contributed by atoms with Crippen molar-refractivity contribution in [3.05, 3.63) is 0 Å². The van der Waals surface area contributed by atoms with Crippen molar-refractivity contribution in [1.82, 2.24) is 4.90 Å². The number of carboxylic acids is 1. The molecular formula is C16H27NO4. The number of fused-ring (bicyclic) bond motifs is 2. The molecule has 4 atom stereocenters. The van der Waals surface area contributed by atoms with Crippen LogP contribution in [0.25, 0.3) is 0 Å². The van der Waals surface area contributed by atoms with Gasteiger partial charge in [0.15, 0.2) is 0 Å². The van der Waals surface area contributed by atoms with Crippen molar-refractivity contribution < 1.29 is 19.4 Å². The zero-order valence-corrected chi connectivity index (χ0v) is 13.1. The first-order valence-electron chi connectivity index (χ1n) is 8.27. The lowest BCUT2D eigenvalue weighted by atomic mass is 9.78. The Balaban J connectivity index is 2.08. The molecule has 0 aromatic heterocycles. The third-order valence-corrected chi connectivity index (χ3v) is 4.72. The largest absolute Gasteiger partial charge is 0.481 e. The normalized spacial score (nSPS) is 30.6. The molecule has 2 bridgehead atoms. The summed E-state index contributed by atoms with van der Waals surface area (Å²) in [6.07, 6.45) is 5.14. The Morgan fingerprint density at radius 1 is 1.05 bits per heavy atom. The highest BCUT2D eigenvalue weighted by atomic mass is 16.5. The molecule has 0 unspecified atom stereocenters. The van der Waals surface area contributed by atoms with Crippen molar-refractivity contribution in [2.24, 2.45) is 11.8 Å². The average molecular weight is 297 g/mol. The van der Waals surface area contributed by atoms with Gasteiger partial charge in [0.1, 0.15) is 0 Å². The van der Waals surface area contributed by atoms with Crippen LogP contribution >= 0.6 is 0 Å². The average Bonchev–Trinajstić information content (AvgIpc) is 3.07. The van der Waals surface area contributed by atoms with Gasteiger partial charge in [0.25, 0.3) is 0 Å². The summed E-state index contributed by atoms with van der Waals surface area (Å²) in [6, 6.07) is 0. The minimum atomic E-state index is -0.883. The highest BCUT2D eigenvalue weighted by Gasteiger charge is 2.56. The smallest absolute Gasteiger partial charge is 0.310 e. The summed E-state index contributed by atoms with van der Waals surface area (Å²) in [7, 11) is 0. The molecule has 120 valence electrons. The SMILES string of the molecule is CCCCN(CCCC)C(=O)[C@H]1[C@@H](C(=O)O)[C@H]2CC[C@@H]1O2. The number of hydrogen-bond acceptors (Lipinski definition) is 3. The monoisotopic (exact) mass is 297 g/mol. The number of nitrogens with zero attached hydrogens (tertiary/aromatic N) is 1. The number of carbonyl (C=O) groups is 2. The van der Waals surface area contributed by atoms with Crippen LogP contribution in [-0.4, -0.2) is 47.2 Å². The zero-order valence-electron chi connectivity index (χ0n) is 13.1. The second-order valence-corrected chi connectivity index (χ2v) is 6.21. The van der Waals surface area contributed by atoms with Crippen LogP contribution in [-0.2, 0) is 14.3 Å². The standard InChI is InChI=1S/C16H27NO4/c1-3-5-9-17(10-6-4-2)15(18)13-11-7-8-12(21-11)14(13)16(19)20/h11-14H,3-10H2,1-2H3,(H,19,20)/t11-,12+,13+,14-/m0/s1. The van der Waals surface area contributed by atoms with Crippen LogP contribution in [0.4, 0.5) is 0 Å². The molecule has 0 radical (unpaired) electrons. The lowest BCUT2D eigenvalue weighted by Gasteiger charge is -2.30. The molecule has 2 heterocycles. The van der Waals surface area contributed by atoms with Crippen LogP contribution in [0.1, 0.15) is 52.4 Å². The first kappa shape index (κ1) is 16.3. The molecule has 0 aliphatic carbocycles.